The third-order valence-corrected chi connectivity index (χ3v) is 3.43. The average Bonchev–Trinajstić information content (AvgIpc) is 2.83. The number of benzene rings is 2. The summed E-state index contributed by atoms with van der Waals surface area (Å²) in [5.41, 5.74) is 3.20. The number of imidazole rings is 1. The molecule has 0 N–H and O–H groups in total. The Labute approximate surface area is 131 Å². The van der Waals surface area contributed by atoms with E-state index >= 15 is 0 Å². The number of hydrogen-bond donors (Lipinski definition) is 0. The van der Waals surface area contributed by atoms with Crippen LogP contribution in [0.2, 0.25) is 5.02 Å². The number of carboxylic acid groups (broad SMARTS) is 1. The molecule has 0 saturated carbocycles. The number of carboxylic acids is 1. The molecule has 1 heterocycles. The number of hydrogen-bond acceptors (Lipinski definition) is 4. The van der Waals surface area contributed by atoms with Gasteiger partial charge in [-0.1, -0.05) is 41.4 Å². The van der Waals surface area contributed by atoms with Crippen LogP contribution in [0.15, 0.2) is 42.5 Å². The van der Waals surface area contributed by atoms with Crippen molar-refractivity contribution >= 4 is 28.6 Å². The molecule has 0 radical (unpaired) electrons. The standard InChI is InChI=1S/C16H13ClN2O3/c1-10-2-4-11(5-3-10)16-18-13-7-6-12(17)8-14(13)19(16)22-9-15(20)21/h2-8H,9H2,1H3,(H,20,21)/p-1. The number of aromatic nitrogens is 2. The maximum atomic E-state index is 10.7. The van der Waals surface area contributed by atoms with Crippen LogP contribution < -0.4 is 9.94 Å². The molecule has 22 heavy (non-hydrogen) atoms. The minimum atomic E-state index is -1.31. The molecule has 0 bridgehead atoms. The lowest BCUT2D eigenvalue weighted by Crippen LogP contribution is -2.32. The Bertz CT molecular complexity index is 840. The number of halogens is 1. The largest absolute Gasteiger partial charge is 0.546 e. The van der Waals surface area contributed by atoms with Crippen LogP contribution in [0.3, 0.4) is 0 Å². The SMILES string of the molecule is Cc1ccc(-c2nc3ccc(Cl)cc3n2OCC(=O)[O-])cc1. The molecule has 3 aromatic rings. The first-order valence-electron chi connectivity index (χ1n) is 6.63. The van der Waals surface area contributed by atoms with E-state index in [2.05, 4.69) is 4.98 Å². The Morgan fingerprint density at radius 1 is 1.27 bits per heavy atom. The van der Waals surface area contributed by atoms with Crippen molar-refractivity contribution in [2.75, 3.05) is 6.61 Å². The van der Waals surface area contributed by atoms with Crippen LogP contribution in [0.25, 0.3) is 22.4 Å². The molecule has 0 atom stereocenters. The second-order valence-electron chi connectivity index (χ2n) is 4.87. The maximum absolute atomic E-state index is 10.7. The lowest BCUT2D eigenvalue weighted by Gasteiger charge is -2.11. The number of carbonyl (C=O) groups is 1. The fourth-order valence-corrected chi connectivity index (χ4v) is 2.33. The van der Waals surface area contributed by atoms with Crippen molar-refractivity contribution in [2.24, 2.45) is 0 Å². The van der Waals surface area contributed by atoms with E-state index in [4.69, 9.17) is 16.4 Å². The fourth-order valence-electron chi connectivity index (χ4n) is 2.16. The molecule has 2 aromatic carbocycles. The molecule has 0 unspecified atom stereocenters. The third-order valence-electron chi connectivity index (χ3n) is 3.20. The zero-order chi connectivity index (χ0) is 15.7. The van der Waals surface area contributed by atoms with Crippen molar-refractivity contribution < 1.29 is 14.7 Å². The van der Waals surface area contributed by atoms with E-state index in [0.717, 1.165) is 11.1 Å². The van der Waals surface area contributed by atoms with Gasteiger partial charge in [0.05, 0.1) is 11.5 Å². The highest BCUT2D eigenvalue weighted by Gasteiger charge is 2.14. The van der Waals surface area contributed by atoms with E-state index in [9.17, 15) is 9.90 Å². The van der Waals surface area contributed by atoms with Crippen LogP contribution >= 0.6 is 11.6 Å². The van der Waals surface area contributed by atoms with E-state index in [1.54, 1.807) is 18.2 Å². The first-order valence-corrected chi connectivity index (χ1v) is 7.00. The summed E-state index contributed by atoms with van der Waals surface area (Å²) in [6.07, 6.45) is 0. The summed E-state index contributed by atoms with van der Waals surface area (Å²) >= 11 is 6.00. The first-order chi connectivity index (χ1) is 10.5. The van der Waals surface area contributed by atoms with Crippen LogP contribution in [0.5, 0.6) is 0 Å². The summed E-state index contributed by atoms with van der Waals surface area (Å²) in [5.74, 6) is -0.794. The molecular formula is C16H12ClN2O3-. The Morgan fingerprint density at radius 3 is 2.68 bits per heavy atom. The van der Waals surface area contributed by atoms with Crippen LogP contribution in [0.4, 0.5) is 0 Å². The topological polar surface area (TPSA) is 67.2 Å². The zero-order valence-electron chi connectivity index (χ0n) is 11.7. The van der Waals surface area contributed by atoms with Gasteiger partial charge in [-0.3, -0.25) is 0 Å². The second kappa shape index (κ2) is 5.69. The van der Waals surface area contributed by atoms with Crippen LogP contribution in [0, 0.1) is 6.92 Å². The molecule has 0 aliphatic heterocycles. The van der Waals surface area contributed by atoms with Crippen LogP contribution in [-0.2, 0) is 4.79 Å². The fraction of sp³-hybridized carbons (Fsp3) is 0.125. The van der Waals surface area contributed by atoms with E-state index < -0.39 is 12.6 Å². The van der Waals surface area contributed by atoms with E-state index in [1.165, 1.54) is 4.73 Å². The quantitative estimate of drug-likeness (QED) is 0.737. The molecule has 6 heteroatoms. The summed E-state index contributed by atoms with van der Waals surface area (Å²) in [7, 11) is 0. The van der Waals surface area contributed by atoms with Crippen molar-refractivity contribution in [3.8, 4) is 11.4 Å². The van der Waals surface area contributed by atoms with E-state index in [0.29, 0.717) is 21.9 Å². The molecule has 0 fully saturated rings. The van der Waals surface area contributed by atoms with Crippen molar-refractivity contribution in [3.63, 3.8) is 0 Å². The van der Waals surface area contributed by atoms with Crippen molar-refractivity contribution in [3.05, 3.63) is 53.1 Å². The van der Waals surface area contributed by atoms with Gasteiger partial charge in [-0.25, -0.2) is 4.98 Å². The number of aryl methyl sites for hydroxylation is 1. The van der Waals surface area contributed by atoms with Crippen LogP contribution in [0.1, 0.15) is 5.56 Å². The molecule has 3 rings (SSSR count). The number of fused-ring (bicyclic) bond motifs is 1. The first kappa shape index (κ1) is 14.4. The molecular weight excluding hydrogens is 304 g/mol. The minimum absolute atomic E-state index is 0.513. The van der Waals surface area contributed by atoms with Crippen molar-refractivity contribution in [1.82, 2.24) is 9.71 Å². The van der Waals surface area contributed by atoms with E-state index in [-0.39, 0.29) is 0 Å². The van der Waals surface area contributed by atoms with Gasteiger partial charge in [0.2, 0.25) is 0 Å². The maximum Gasteiger partial charge on any atom is 0.176 e. The molecule has 0 amide bonds. The highest BCUT2D eigenvalue weighted by atomic mass is 35.5. The second-order valence-corrected chi connectivity index (χ2v) is 5.31. The minimum Gasteiger partial charge on any atom is -0.546 e. The smallest absolute Gasteiger partial charge is 0.176 e. The Morgan fingerprint density at radius 2 is 2.00 bits per heavy atom. The number of carbonyl (C=O) groups excluding carboxylic acids is 1. The molecule has 1 aromatic heterocycles. The highest BCUT2D eigenvalue weighted by Crippen LogP contribution is 2.26. The highest BCUT2D eigenvalue weighted by molar-refractivity contribution is 6.31. The summed E-state index contributed by atoms with van der Waals surface area (Å²) in [5, 5.41) is 11.2. The van der Waals surface area contributed by atoms with Gasteiger partial charge >= 0.3 is 0 Å². The van der Waals surface area contributed by atoms with Gasteiger partial charge < -0.3 is 14.7 Å². The third kappa shape index (κ3) is 2.76. The molecule has 5 nitrogen and oxygen atoms in total. The average molecular weight is 316 g/mol. The van der Waals surface area contributed by atoms with Gasteiger partial charge in [-0.05, 0) is 25.1 Å². The Balaban J connectivity index is 2.16. The predicted molar refractivity (Wildman–Crippen MR) is 81.4 cm³/mol. The lowest BCUT2D eigenvalue weighted by molar-refractivity contribution is -0.309. The van der Waals surface area contributed by atoms with Crippen molar-refractivity contribution in [1.29, 1.82) is 0 Å². The summed E-state index contributed by atoms with van der Waals surface area (Å²) in [6, 6.07) is 12.9. The van der Waals surface area contributed by atoms with Crippen molar-refractivity contribution in [2.45, 2.75) is 6.92 Å². The Kier molecular flexibility index (Phi) is 3.73. The molecule has 112 valence electrons. The van der Waals surface area contributed by atoms with Gasteiger partial charge in [0.1, 0.15) is 5.52 Å². The number of nitrogens with zero attached hydrogens (tertiary/aromatic N) is 2. The number of rotatable bonds is 4. The Hall–Kier alpha value is -2.53. The van der Waals surface area contributed by atoms with Crippen LogP contribution in [-0.4, -0.2) is 22.3 Å². The zero-order valence-corrected chi connectivity index (χ0v) is 12.5. The monoisotopic (exact) mass is 315 g/mol. The van der Waals surface area contributed by atoms with E-state index in [1.807, 2.05) is 31.2 Å². The molecule has 0 saturated heterocycles. The van der Waals surface area contributed by atoms with Gasteiger partial charge in [0.15, 0.2) is 12.4 Å². The molecule has 0 aliphatic rings. The number of aliphatic carboxylic acids is 1. The summed E-state index contributed by atoms with van der Waals surface area (Å²) in [4.78, 5) is 20.5. The van der Waals surface area contributed by atoms with Gasteiger partial charge in [0.25, 0.3) is 0 Å². The van der Waals surface area contributed by atoms with Gasteiger partial charge in [0, 0.05) is 10.6 Å². The van der Waals surface area contributed by atoms with Gasteiger partial charge in [-0.2, -0.15) is 4.73 Å². The summed E-state index contributed by atoms with van der Waals surface area (Å²) in [6.45, 7) is 1.41. The molecule has 0 aliphatic carbocycles. The lowest BCUT2D eigenvalue weighted by atomic mass is 10.1. The van der Waals surface area contributed by atoms with Gasteiger partial charge in [-0.15, -0.1) is 0 Å². The summed E-state index contributed by atoms with van der Waals surface area (Å²) < 4.78 is 1.38. The molecule has 0 spiro atoms. The predicted octanol–water partition coefficient (Wildman–Crippen LogP) is 1.84. The normalized spacial score (nSPS) is 10.8.